The molecular formula is C18H25FN4O3S. The average molecular weight is 396 g/mol. The Kier molecular flexibility index (Phi) is 5.69. The number of hydrogen-bond acceptors (Lipinski definition) is 6. The Morgan fingerprint density at radius 1 is 1.33 bits per heavy atom. The van der Waals surface area contributed by atoms with Crippen LogP contribution in [0.2, 0.25) is 0 Å². The van der Waals surface area contributed by atoms with Gasteiger partial charge in [0.25, 0.3) is 0 Å². The van der Waals surface area contributed by atoms with Gasteiger partial charge in [-0.05, 0) is 38.8 Å². The van der Waals surface area contributed by atoms with Crippen LogP contribution in [0.25, 0.3) is 0 Å². The van der Waals surface area contributed by atoms with Crippen LogP contribution in [0.5, 0.6) is 5.75 Å². The van der Waals surface area contributed by atoms with Crippen LogP contribution in [-0.4, -0.2) is 47.8 Å². The van der Waals surface area contributed by atoms with Gasteiger partial charge in [-0.2, -0.15) is 0 Å². The molecule has 1 aliphatic rings. The molecule has 7 nitrogen and oxygen atoms in total. The van der Waals surface area contributed by atoms with Crippen LogP contribution in [0.3, 0.4) is 0 Å². The highest BCUT2D eigenvalue weighted by Gasteiger charge is 2.31. The number of para-hydroxylation sites is 1. The van der Waals surface area contributed by atoms with E-state index in [9.17, 15) is 12.8 Å². The van der Waals surface area contributed by atoms with Crippen LogP contribution in [0.15, 0.2) is 24.3 Å². The maximum Gasteiger partial charge on any atom is 0.227 e. The standard InChI is InChI=1S/C18H25FN4O3S/c1-4-23-17(13(2)26-16-10-6-5-9-15(16)19)20-21-18(23)22-11-7-8-14(12-22)27(3,24)25/h5-6,9-10,13-14H,4,7-8,11-12H2,1-3H3. The van der Waals surface area contributed by atoms with Crippen molar-refractivity contribution in [1.29, 1.82) is 0 Å². The molecule has 2 unspecified atom stereocenters. The largest absolute Gasteiger partial charge is 0.480 e. The second-order valence-electron chi connectivity index (χ2n) is 6.83. The number of sulfone groups is 1. The molecule has 2 aromatic rings. The molecule has 1 aromatic carbocycles. The number of ether oxygens (including phenoxy) is 1. The van der Waals surface area contributed by atoms with Gasteiger partial charge in [-0.15, -0.1) is 10.2 Å². The summed E-state index contributed by atoms with van der Waals surface area (Å²) in [6.07, 6.45) is 2.22. The highest BCUT2D eigenvalue weighted by atomic mass is 32.2. The van der Waals surface area contributed by atoms with E-state index in [0.29, 0.717) is 31.3 Å². The van der Waals surface area contributed by atoms with Crippen LogP contribution in [0, 0.1) is 5.82 Å². The van der Waals surface area contributed by atoms with Crippen molar-refractivity contribution in [3.8, 4) is 5.75 Å². The second kappa shape index (κ2) is 7.84. The van der Waals surface area contributed by atoms with Gasteiger partial charge in [-0.3, -0.25) is 4.57 Å². The van der Waals surface area contributed by atoms with Crippen molar-refractivity contribution in [1.82, 2.24) is 14.8 Å². The Hall–Kier alpha value is -2.16. The molecule has 1 fully saturated rings. The van der Waals surface area contributed by atoms with Gasteiger partial charge in [0.05, 0.1) is 5.25 Å². The molecule has 1 aromatic heterocycles. The maximum atomic E-state index is 13.9. The lowest BCUT2D eigenvalue weighted by Gasteiger charge is -2.32. The summed E-state index contributed by atoms with van der Waals surface area (Å²) in [7, 11) is -3.11. The van der Waals surface area contributed by atoms with E-state index in [1.807, 2.05) is 16.4 Å². The first-order chi connectivity index (χ1) is 12.8. The minimum absolute atomic E-state index is 0.160. The van der Waals surface area contributed by atoms with Crippen LogP contribution in [0.4, 0.5) is 10.3 Å². The molecule has 1 aliphatic heterocycles. The monoisotopic (exact) mass is 396 g/mol. The molecule has 0 N–H and O–H groups in total. The Bertz CT molecular complexity index is 900. The number of nitrogens with zero attached hydrogens (tertiary/aromatic N) is 4. The zero-order valence-electron chi connectivity index (χ0n) is 15.8. The van der Waals surface area contributed by atoms with Gasteiger partial charge in [0, 0.05) is 25.9 Å². The van der Waals surface area contributed by atoms with E-state index in [2.05, 4.69) is 10.2 Å². The van der Waals surface area contributed by atoms with Gasteiger partial charge in [-0.25, -0.2) is 12.8 Å². The zero-order valence-corrected chi connectivity index (χ0v) is 16.6. The Morgan fingerprint density at radius 3 is 2.74 bits per heavy atom. The van der Waals surface area contributed by atoms with E-state index in [1.54, 1.807) is 25.1 Å². The van der Waals surface area contributed by atoms with Crippen molar-refractivity contribution in [2.45, 2.75) is 44.6 Å². The molecule has 0 spiro atoms. The van der Waals surface area contributed by atoms with Gasteiger partial charge in [-0.1, -0.05) is 12.1 Å². The van der Waals surface area contributed by atoms with Gasteiger partial charge < -0.3 is 9.64 Å². The lowest BCUT2D eigenvalue weighted by atomic mass is 10.1. The van der Waals surface area contributed by atoms with E-state index in [-0.39, 0.29) is 5.75 Å². The first-order valence-corrected chi connectivity index (χ1v) is 11.0. The maximum absolute atomic E-state index is 13.9. The average Bonchev–Trinajstić information content (AvgIpc) is 3.07. The van der Waals surface area contributed by atoms with Crippen molar-refractivity contribution in [3.05, 3.63) is 35.9 Å². The molecule has 0 bridgehead atoms. The highest BCUT2D eigenvalue weighted by molar-refractivity contribution is 7.91. The molecular weight excluding hydrogens is 371 g/mol. The molecule has 2 atom stereocenters. The van der Waals surface area contributed by atoms with E-state index in [1.165, 1.54) is 12.3 Å². The van der Waals surface area contributed by atoms with Gasteiger partial charge >= 0.3 is 0 Å². The molecule has 148 valence electrons. The quantitative estimate of drug-likeness (QED) is 0.747. The summed E-state index contributed by atoms with van der Waals surface area (Å²) < 4.78 is 45.4. The van der Waals surface area contributed by atoms with Gasteiger partial charge in [0.2, 0.25) is 5.95 Å². The fraction of sp³-hybridized carbons (Fsp3) is 0.556. The Labute approximate surface area is 159 Å². The van der Waals surface area contributed by atoms with Crippen molar-refractivity contribution in [2.75, 3.05) is 24.2 Å². The minimum Gasteiger partial charge on any atom is -0.480 e. The summed E-state index contributed by atoms with van der Waals surface area (Å²) in [5.41, 5.74) is 0. The molecule has 9 heteroatoms. The summed E-state index contributed by atoms with van der Waals surface area (Å²) >= 11 is 0. The fourth-order valence-electron chi connectivity index (χ4n) is 3.40. The van der Waals surface area contributed by atoms with Crippen molar-refractivity contribution in [3.63, 3.8) is 0 Å². The molecule has 0 saturated carbocycles. The summed E-state index contributed by atoms with van der Waals surface area (Å²) in [5, 5.41) is 8.13. The molecule has 27 heavy (non-hydrogen) atoms. The predicted molar refractivity (Wildman–Crippen MR) is 101 cm³/mol. The zero-order chi connectivity index (χ0) is 19.6. The molecule has 2 heterocycles. The molecule has 3 rings (SSSR count). The van der Waals surface area contributed by atoms with E-state index >= 15 is 0 Å². The Morgan fingerprint density at radius 2 is 2.07 bits per heavy atom. The third-order valence-electron chi connectivity index (χ3n) is 4.85. The smallest absolute Gasteiger partial charge is 0.227 e. The normalized spacial score (nSPS) is 19.1. The summed E-state index contributed by atoms with van der Waals surface area (Å²) in [6, 6.07) is 6.23. The SMILES string of the molecule is CCn1c(C(C)Oc2ccccc2F)nnc1N1CCCC(S(C)(=O)=O)C1. The van der Waals surface area contributed by atoms with Crippen LogP contribution < -0.4 is 9.64 Å². The number of rotatable bonds is 6. The topological polar surface area (TPSA) is 77.3 Å². The molecule has 0 aliphatic carbocycles. The lowest BCUT2D eigenvalue weighted by molar-refractivity contribution is 0.201. The molecule has 0 radical (unpaired) electrons. The first-order valence-electron chi connectivity index (χ1n) is 9.09. The summed E-state index contributed by atoms with van der Waals surface area (Å²) in [5.74, 6) is 0.938. The van der Waals surface area contributed by atoms with E-state index < -0.39 is 27.0 Å². The Balaban J connectivity index is 1.83. The van der Waals surface area contributed by atoms with Crippen molar-refractivity contribution >= 4 is 15.8 Å². The number of anilines is 1. The second-order valence-corrected chi connectivity index (χ2v) is 9.16. The lowest BCUT2D eigenvalue weighted by Crippen LogP contribution is -2.43. The number of benzene rings is 1. The first kappa shape index (κ1) is 19.6. The third-order valence-corrected chi connectivity index (χ3v) is 6.44. The van der Waals surface area contributed by atoms with Crippen molar-refractivity contribution in [2.24, 2.45) is 0 Å². The number of halogens is 1. The number of aromatic nitrogens is 3. The van der Waals surface area contributed by atoms with Crippen LogP contribution in [-0.2, 0) is 16.4 Å². The number of piperidine rings is 1. The predicted octanol–water partition coefficient (Wildman–Crippen LogP) is 2.59. The molecule has 0 amide bonds. The van der Waals surface area contributed by atoms with E-state index in [4.69, 9.17) is 4.74 Å². The van der Waals surface area contributed by atoms with Gasteiger partial charge in [0.15, 0.2) is 33.3 Å². The summed E-state index contributed by atoms with van der Waals surface area (Å²) in [6.45, 7) is 5.49. The van der Waals surface area contributed by atoms with Crippen LogP contribution >= 0.6 is 0 Å². The highest BCUT2D eigenvalue weighted by Crippen LogP contribution is 2.27. The van der Waals surface area contributed by atoms with E-state index in [0.717, 1.165) is 13.0 Å². The van der Waals surface area contributed by atoms with Crippen molar-refractivity contribution < 1.29 is 17.5 Å². The molecule has 1 saturated heterocycles. The van der Waals surface area contributed by atoms with Gasteiger partial charge in [0.1, 0.15) is 0 Å². The fourth-order valence-corrected chi connectivity index (χ4v) is 4.44. The minimum atomic E-state index is -3.11. The summed E-state index contributed by atoms with van der Waals surface area (Å²) in [4.78, 5) is 1.96. The third kappa shape index (κ3) is 4.23. The number of hydrogen-bond donors (Lipinski definition) is 0. The van der Waals surface area contributed by atoms with Crippen LogP contribution in [0.1, 0.15) is 38.6 Å².